The summed E-state index contributed by atoms with van der Waals surface area (Å²) in [6.45, 7) is 4.79. The number of carbonyl (C=O) groups excluding carboxylic acids is 1. The molecule has 1 aromatic rings. The standard InChI is InChI=1S/C13H19FN2O/c1-9(2)7-8-16-13(17)10-5-4-6-11(14)12(10)15-3/h4-6,9,15H,7-8H2,1-3H3,(H,16,17). The zero-order chi connectivity index (χ0) is 12.8. The number of halogens is 1. The van der Waals surface area contributed by atoms with Gasteiger partial charge in [-0.3, -0.25) is 4.79 Å². The highest BCUT2D eigenvalue weighted by atomic mass is 19.1. The summed E-state index contributed by atoms with van der Waals surface area (Å²) in [6.07, 6.45) is 0.913. The number of hydrogen-bond acceptors (Lipinski definition) is 2. The topological polar surface area (TPSA) is 41.1 Å². The monoisotopic (exact) mass is 238 g/mol. The molecule has 0 atom stereocenters. The molecule has 0 unspecified atom stereocenters. The lowest BCUT2D eigenvalue weighted by molar-refractivity contribution is 0.0952. The highest BCUT2D eigenvalue weighted by Crippen LogP contribution is 2.18. The van der Waals surface area contributed by atoms with Gasteiger partial charge in [0.15, 0.2) is 0 Å². The Balaban J connectivity index is 2.72. The van der Waals surface area contributed by atoms with Crippen LogP contribution in [0, 0.1) is 11.7 Å². The van der Waals surface area contributed by atoms with Crippen LogP contribution in [0.2, 0.25) is 0 Å². The van der Waals surface area contributed by atoms with E-state index in [0.717, 1.165) is 6.42 Å². The van der Waals surface area contributed by atoms with E-state index in [-0.39, 0.29) is 11.6 Å². The maximum Gasteiger partial charge on any atom is 0.253 e. The fraction of sp³-hybridized carbons (Fsp3) is 0.462. The lowest BCUT2D eigenvalue weighted by atomic mass is 10.1. The van der Waals surface area contributed by atoms with Gasteiger partial charge in [0.2, 0.25) is 0 Å². The van der Waals surface area contributed by atoms with Crippen molar-refractivity contribution in [1.29, 1.82) is 0 Å². The molecule has 0 saturated heterocycles. The zero-order valence-corrected chi connectivity index (χ0v) is 10.5. The van der Waals surface area contributed by atoms with E-state index in [1.54, 1.807) is 13.1 Å². The molecule has 0 spiro atoms. The van der Waals surface area contributed by atoms with Crippen molar-refractivity contribution < 1.29 is 9.18 Å². The van der Waals surface area contributed by atoms with Crippen LogP contribution < -0.4 is 10.6 Å². The molecule has 94 valence electrons. The molecule has 0 aliphatic rings. The summed E-state index contributed by atoms with van der Waals surface area (Å²) in [7, 11) is 1.60. The summed E-state index contributed by atoms with van der Waals surface area (Å²) in [4.78, 5) is 11.8. The van der Waals surface area contributed by atoms with Crippen LogP contribution in [0.5, 0.6) is 0 Å². The average molecular weight is 238 g/mol. The summed E-state index contributed by atoms with van der Waals surface area (Å²) >= 11 is 0. The van der Waals surface area contributed by atoms with Gasteiger partial charge in [-0.1, -0.05) is 19.9 Å². The van der Waals surface area contributed by atoms with Gasteiger partial charge in [-0.2, -0.15) is 0 Å². The Kier molecular flexibility index (Phi) is 4.94. The molecular weight excluding hydrogens is 219 g/mol. The molecule has 0 fully saturated rings. The van der Waals surface area contributed by atoms with Crippen molar-refractivity contribution in [2.45, 2.75) is 20.3 Å². The van der Waals surface area contributed by atoms with Gasteiger partial charge in [0.25, 0.3) is 5.91 Å². The largest absolute Gasteiger partial charge is 0.385 e. The van der Waals surface area contributed by atoms with Gasteiger partial charge in [0, 0.05) is 13.6 Å². The third kappa shape index (κ3) is 3.73. The number of benzene rings is 1. The molecule has 2 N–H and O–H groups in total. The molecule has 0 saturated carbocycles. The van der Waals surface area contributed by atoms with Crippen LogP contribution in [-0.4, -0.2) is 19.5 Å². The van der Waals surface area contributed by atoms with Crippen LogP contribution >= 0.6 is 0 Å². The first-order valence-corrected chi connectivity index (χ1v) is 5.80. The molecule has 1 rings (SSSR count). The Bertz CT molecular complexity index is 391. The highest BCUT2D eigenvalue weighted by molar-refractivity contribution is 5.99. The van der Waals surface area contributed by atoms with E-state index in [9.17, 15) is 9.18 Å². The van der Waals surface area contributed by atoms with Gasteiger partial charge in [0.1, 0.15) is 5.82 Å². The Labute approximate surface area is 101 Å². The van der Waals surface area contributed by atoms with E-state index in [4.69, 9.17) is 0 Å². The van der Waals surface area contributed by atoms with Crippen LogP contribution in [0.1, 0.15) is 30.6 Å². The van der Waals surface area contributed by atoms with Gasteiger partial charge in [0.05, 0.1) is 11.3 Å². The fourth-order valence-corrected chi connectivity index (χ4v) is 1.54. The van der Waals surface area contributed by atoms with Crippen LogP contribution in [0.3, 0.4) is 0 Å². The lowest BCUT2D eigenvalue weighted by Gasteiger charge is -2.11. The number of nitrogens with one attached hydrogen (secondary N) is 2. The van der Waals surface area contributed by atoms with Crippen molar-refractivity contribution in [3.8, 4) is 0 Å². The van der Waals surface area contributed by atoms with Crippen LogP contribution in [0.4, 0.5) is 10.1 Å². The molecular formula is C13H19FN2O. The van der Waals surface area contributed by atoms with Crippen LogP contribution in [0.25, 0.3) is 0 Å². The van der Waals surface area contributed by atoms with Crippen molar-refractivity contribution in [2.24, 2.45) is 5.92 Å². The predicted molar refractivity (Wildman–Crippen MR) is 67.7 cm³/mol. The van der Waals surface area contributed by atoms with Crippen molar-refractivity contribution in [1.82, 2.24) is 5.32 Å². The van der Waals surface area contributed by atoms with E-state index < -0.39 is 5.82 Å². The molecule has 3 nitrogen and oxygen atoms in total. The SMILES string of the molecule is CNc1c(F)cccc1C(=O)NCCC(C)C. The minimum Gasteiger partial charge on any atom is -0.385 e. The summed E-state index contributed by atoms with van der Waals surface area (Å²) in [6, 6.07) is 4.48. The summed E-state index contributed by atoms with van der Waals surface area (Å²) < 4.78 is 13.4. The Morgan fingerprint density at radius 1 is 1.41 bits per heavy atom. The minimum absolute atomic E-state index is 0.241. The third-order valence-electron chi connectivity index (χ3n) is 2.52. The van der Waals surface area contributed by atoms with E-state index in [1.165, 1.54) is 12.1 Å². The maximum atomic E-state index is 13.4. The van der Waals surface area contributed by atoms with E-state index in [0.29, 0.717) is 18.0 Å². The molecule has 1 amide bonds. The van der Waals surface area contributed by atoms with Crippen molar-refractivity contribution in [3.63, 3.8) is 0 Å². The highest BCUT2D eigenvalue weighted by Gasteiger charge is 2.13. The van der Waals surface area contributed by atoms with Crippen molar-refractivity contribution >= 4 is 11.6 Å². The Hall–Kier alpha value is -1.58. The van der Waals surface area contributed by atoms with Gasteiger partial charge in [-0.15, -0.1) is 0 Å². The number of amides is 1. The quantitative estimate of drug-likeness (QED) is 0.828. The molecule has 1 aromatic carbocycles. The molecule has 0 heterocycles. The summed E-state index contributed by atoms with van der Waals surface area (Å²) in [5.74, 6) is -0.120. The molecule has 0 bridgehead atoms. The first-order valence-electron chi connectivity index (χ1n) is 5.80. The first kappa shape index (κ1) is 13.5. The van der Waals surface area contributed by atoms with Crippen molar-refractivity contribution in [2.75, 3.05) is 18.9 Å². The predicted octanol–water partition coefficient (Wildman–Crippen LogP) is 2.64. The minimum atomic E-state index is -0.413. The number of anilines is 1. The van der Waals surface area contributed by atoms with Crippen LogP contribution in [-0.2, 0) is 0 Å². The second-order valence-electron chi connectivity index (χ2n) is 4.35. The number of carbonyl (C=O) groups is 1. The van der Waals surface area contributed by atoms with Crippen LogP contribution in [0.15, 0.2) is 18.2 Å². The van der Waals surface area contributed by atoms with Gasteiger partial charge in [-0.25, -0.2) is 4.39 Å². The second kappa shape index (κ2) is 6.23. The molecule has 0 aliphatic heterocycles. The number of rotatable bonds is 5. The second-order valence-corrected chi connectivity index (χ2v) is 4.35. The third-order valence-corrected chi connectivity index (χ3v) is 2.52. The zero-order valence-electron chi connectivity index (χ0n) is 10.5. The normalized spacial score (nSPS) is 10.4. The average Bonchev–Trinajstić information content (AvgIpc) is 2.28. The van der Waals surface area contributed by atoms with E-state index >= 15 is 0 Å². The number of hydrogen-bond donors (Lipinski definition) is 2. The lowest BCUT2D eigenvalue weighted by Crippen LogP contribution is -2.26. The molecule has 0 aliphatic carbocycles. The molecule has 17 heavy (non-hydrogen) atoms. The van der Waals surface area contributed by atoms with Gasteiger partial charge < -0.3 is 10.6 Å². The Morgan fingerprint density at radius 3 is 2.71 bits per heavy atom. The van der Waals surface area contributed by atoms with E-state index in [2.05, 4.69) is 24.5 Å². The first-order chi connectivity index (χ1) is 8.06. The summed E-state index contributed by atoms with van der Waals surface area (Å²) in [5.41, 5.74) is 0.589. The van der Waals surface area contributed by atoms with Gasteiger partial charge in [-0.05, 0) is 24.5 Å². The smallest absolute Gasteiger partial charge is 0.253 e. The molecule has 4 heteroatoms. The van der Waals surface area contributed by atoms with E-state index in [1.807, 2.05) is 0 Å². The maximum absolute atomic E-state index is 13.4. The van der Waals surface area contributed by atoms with Crippen molar-refractivity contribution in [3.05, 3.63) is 29.6 Å². The Morgan fingerprint density at radius 2 is 2.12 bits per heavy atom. The summed E-state index contributed by atoms with van der Waals surface area (Å²) in [5, 5.41) is 5.49. The van der Waals surface area contributed by atoms with Gasteiger partial charge >= 0.3 is 0 Å². The molecule has 0 radical (unpaired) electrons. The fourth-order valence-electron chi connectivity index (χ4n) is 1.54. The number of para-hydroxylation sites is 1. The molecule has 0 aromatic heterocycles.